The Bertz CT molecular complexity index is 1060. The van der Waals surface area contributed by atoms with E-state index >= 15 is 0 Å². The third-order valence-electron chi connectivity index (χ3n) is 6.84. The van der Waals surface area contributed by atoms with Crippen molar-refractivity contribution in [2.24, 2.45) is 5.92 Å². The molecule has 2 amide bonds. The lowest BCUT2D eigenvalue weighted by Gasteiger charge is -2.25. The average Bonchev–Trinajstić information content (AvgIpc) is 3.48. The van der Waals surface area contributed by atoms with E-state index in [1.165, 1.54) is 0 Å². The Labute approximate surface area is 201 Å². The van der Waals surface area contributed by atoms with Crippen molar-refractivity contribution in [3.05, 3.63) is 59.7 Å². The number of carbonyl (C=O) groups is 3. The first-order valence-corrected chi connectivity index (χ1v) is 11.8. The molecule has 7 nitrogen and oxygen atoms in total. The van der Waals surface area contributed by atoms with E-state index in [4.69, 9.17) is 9.84 Å². The van der Waals surface area contributed by atoms with Gasteiger partial charge in [-0.15, -0.1) is 0 Å². The summed E-state index contributed by atoms with van der Waals surface area (Å²) in [5, 5.41) is 13.2. The molecule has 3 N–H and O–H groups in total. The molecule has 2 aromatic carbocycles. The number of halogens is 2. The number of carboxylic acids is 1. The van der Waals surface area contributed by atoms with Crippen molar-refractivity contribution >= 4 is 18.0 Å². The molecule has 1 saturated carbocycles. The van der Waals surface area contributed by atoms with Crippen molar-refractivity contribution in [3.8, 4) is 11.1 Å². The molecular weight excluding hydrogens is 458 g/mol. The SMILES string of the molecule is O=C(CC(NC(=O)OCC1c2ccccc2-c2ccccc21)C1CCCC1)NCC(F)(F)C(=O)O. The van der Waals surface area contributed by atoms with E-state index in [-0.39, 0.29) is 24.9 Å². The summed E-state index contributed by atoms with van der Waals surface area (Å²) in [4.78, 5) is 35.6. The summed E-state index contributed by atoms with van der Waals surface area (Å²) < 4.78 is 32.2. The number of alkyl carbamates (subject to hydrolysis) is 1. The molecule has 2 aliphatic carbocycles. The predicted molar refractivity (Wildman–Crippen MR) is 124 cm³/mol. The van der Waals surface area contributed by atoms with Gasteiger partial charge >= 0.3 is 18.0 Å². The van der Waals surface area contributed by atoms with Crippen LogP contribution < -0.4 is 10.6 Å². The maximum absolute atomic E-state index is 13.3. The number of benzene rings is 2. The fourth-order valence-corrected chi connectivity index (χ4v) is 5.04. The van der Waals surface area contributed by atoms with Crippen molar-refractivity contribution in [2.45, 2.75) is 50.0 Å². The molecular formula is C26H28F2N2O5. The largest absolute Gasteiger partial charge is 0.477 e. The zero-order chi connectivity index (χ0) is 25.0. The smallest absolute Gasteiger partial charge is 0.407 e. The maximum Gasteiger partial charge on any atom is 0.407 e. The fourth-order valence-electron chi connectivity index (χ4n) is 5.04. The first-order chi connectivity index (χ1) is 16.8. The zero-order valence-corrected chi connectivity index (χ0v) is 19.1. The number of hydrogen-bond acceptors (Lipinski definition) is 4. The minimum atomic E-state index is -4.06. The van der Waals surface area contributed by atoms with E-state index in [1.807, 2.05) is 53.8 Å². The number of ether oxygens (including phenoxy) is 1. The molecule has 0 bridgehead atoms. The minimum absolute atomic E-state index is 0.0150. The number of hydrogen-bond donors (Lipinski definition) is 3. The molecule has 0 saturated heterocycles. The van der Waals surface area contributed by atoms with Gasteiger partial charge in [-0.1, -0.05) is 61.4 Å². The Morgan fingerprint density at radius 2 is 1.57 bits per heavy atom. The standard InChI is InChI=1S/C26H28F2N2O5/c27-26(28,24(32)33)15-29-23(31)13-22(16-7-1-2-8-16)30-25(34)35-14-21-19-11-5-3-9-17(19)18-10-4-6-12-20(18)21/h3-6,9-12,16,21-22H,1-2,7-8,13-15H2,(H,29,31)(H,30,34)(H,32,33). The third-order valence-corrected chi connectivity index (χ3v) is 6.84. The molecule has 0 radical (unpaired) electrons. The second-order valence-corrected chi connectivity index (χ2v) is 9.11. The molecule has 0 aliphatic heterocycles. The van der Waals surface area contributed by atoms with Gasteiger partial charge in [0, 0.05) is 18.4 Å². The van der Waals surface area contributed by atoms with Crippen LogP contribution in [0.25, 0.3) is 11.1 Å². The number of carboxylic acid groups (broad SMARTS) is 1. The Balaban J connectivity index is 1.37. The van der Waals surface area contributed by atoms with Crippen molar-refractivity contribution in [1.82, 2.24) is 10.6 Å². The van der Waals surface area contributed by atoms with Gasteiger partial charge in [0.15, 0.2) is 0 Å². The second-order valence-electron chi connectivity index (χ2n) is 9.11. The van der Waals surface area contributed by atoms with Gasteiger partial charge in [-0.25, -0.2) is 9.59 Å². The van der Waals surface area contributed by atoms with Crippen LogP contribution in [0.15, 0.2) is 48.5 Å². The summed E-state index contributed by atoms with van der Waals surface area (Å²) in [6.45, 7) is -1.18. The van der Waals surface area contributed by atoms with E-state index in [1.54, 1.807) is 0 Å². The van der Waals surface area contributed by atoms with Gasteiger partial charge in [0.1, 0.15) is 6.61 Å². The summed E-state index contributed by atoms with van der Waals surface area (Å²) in [6, 6.07) is 15.3. The lowest BCUT2D eigenvalue weighted by atomic mass is 9.95. The molecule has 0 heterocycles. The highest BCUT2D eigenvalue weighted by Gasteiger charge is 2.39. The molecule has 1 fully saturated rings. The molecule has 35 heavy (non-hydrogen) atoms. The van der Waals surface area contributed by atoms with Crippen molar-refractivity contribution in [1.29, 1.82) is 0 Å². The number of fused-ring (bicyclic) bond motifs is 3. The van der Waals surface area contributed by atoms with Gasteiger partial charge in [-0.3, -0.25) is 4.79 Å². The average molecular weight is 487 g/mol. The second kappa shape index (κ2) is 10.4. The topological polar surface area (TPSA) is 105 Å². The van der Waals surface area contributed by atoms with E-state index in [0.717, 1.165) is 47.9 Å². The molecule has 1 unspecified atom stereocenters. The van der Waals surface area contributed by atoms with Crippen LogP contribution in [0.5, 0.6) is 0 Å². The van der Waals surface area contributed by atoms with Gasteiger partial charge < -0.3 is 20.5 Å². The van der Waals surface area contributed by atoms with Gasteiger partial charge in [0.05, 0.1) is 6.54 Å². The van der Waals surface area contributed by atoms with E-state index < -0.39 is 36.5 Å². The first kappa shape index (κ1) is 24.6. The summed E-state index contributed by atoms with van der Waals surface area (Å²) in [6.07, 6.45) is 2.59. The van der Waals surface area contributed by atoms with Crippen molar-refractivity contribution in [2.75, 3.05) is 13.2 Å². The normalized spacial score (nSPS) is 16.3. The van der Waals surface area contributed by atoms with Crippen LogP contribution >= 0.6 is 0 Å². The first-order valence-electron chi connectivity index (χ1n) is 11.8. The number of alkyl halides is 2. The molecule has 1 atom stereocenters. The Kier molecular flexibility index (Phi) is 7.33. The van der Waals surface area contributed by atoms with Gasteiger partial charge in [0.25, 0.3) is 0 Å². The van der Waals surface area contributed by atoms with Crippen LogP contribution in [-0.2, 0) is 14.3 Å². The lowest BCUT2D eigenvalue weighted by Crippen LogP contribution is -2.46. The fraction of sp³-hybridized carbons (Fsp3) is 0.423. The minimum Gasteiger partial charge on any atom is -0.477 e. The number of aliphatic carboxylic acids is 1. The molecule has 2 aliphatic rings. The Morgan fingerprint density at radius 3 is 2.14 bits per heavy atom. The number of rotatable bonds is 9. The molecule has 186 valence electrons. The van der Waals surface area contributed by atoms with E-state index in [0.29, 0.717) is 0 Å². The number of nitrogens with one attached hydrogen (secondary N) is 2. The van der Waals surface area contributed by atoms with E-state index in [2.05, 4.69) is 5.32 Å². The van der Waals surface area contributed by atoms with Gasteiger partial charge in [0.2, 0.25) is 5.91 Å². The highest BCUT2D eigenvalue weighted by molar-refractivity contribution is 5.81. The van der Waals surface area contributed by atoms with Gasteiger partial charge in [-0.2, -0.15) is 8.78 Å². The number of amides is 2. The van der Waals surface area contributed by atoms with Crippen LogP contribution in [-0.4, -0.2) is 48.2 Å². The van der Waals surface area contributed by atoms with Crippen LogP contribution in [0.1, 0.15) is 49.1 Å². The van der Waals surface area contributed by atoms with Crippen molar-refractivity contribution in [3.63, 3.8) is 0 Å². The van der Waals surface area contributed by atoms with Crippen molar-refractivity contribution < 1.29 is 33.0 Å². The maximum atomic E-state index is 13.3. The molecule has 0 aromatic heterocycles. The summed E-state index contributed by atoms with van der Waals surface area (Å²) in [5.74, 6) is -7.21. The molecule has 0 spiro atoms. The van der Waals surface area contributed by atoms with Gasteiger partial charge in [-0.05, 0) is 41.0 Å². The Morgan fingerprint density at radius 1 is 1.00 bits per heavy atom. The summed E-state index contributed by atoms with van der Waals surface area (Å²) in [5.41, 5.74) is 4.37. The third kappa shape index (κ3) is 5.61. The summed E-state index contributed by atoms with van der Waals surface area (Å²) in [7, 11) is 0. The lowest BCUT2D eigenvalue weighted by molar-refractivity contribution is -0.164. The molecule has 2 aromatic rings. The number of carbonyl (C=O) groups excluding carboxylic acids is 2. The van der Waals surface area contributed by atoms with E-state index in [9.17, 15) is 23.2 Å². The van der Waals surface area contributed by atoms with Crippen LogP contribution in [0.4, 0.5) is 13.6 Å². The van der Waals surface area contributed by atoms with Crippen LogP contribution in [0.2, 0.25) is 0 Å². The quantitative estimate of drug-likeness (QED) is 0.490. The Hall–Kier alpha value is -3.49. The monoisotopic (exact) mass is 486 g/mol. The highest BCUT2D eigenvalue weighted by Crippen LogP contribution is 2.44. The highest BCUT2D eigenvalue weighted by atomic mass is 19.3. The molecule has 4 rings (SSSR count). The van der Waals surface area contributed by atoms with Crippen LogP contribution in [0.3, 0.4) is 0 Å². The summed E-state index contributed by atoms with van der Waals surface area (Å²) >= 11 is 0. The molecule has 9 heteroatoms. The zero-order valence-electron chi connectivity index (χ0n) is 19.1. The van der Waals surface area contributed by atoms with Crippen LogP contribution in [0, 0.1) is 5.92 Å². The predicted octanol–water partition coefficient (Wildman–Crippen LogP) is 4.31.